The molecule has 0 amide bonds. The van der Waals surface area contributed by atoms with E-state index in [4.69, 9.17) is 4.52 Å². The zero-order chi connectivity index (χ0) is 10.7. The highest BCUT2D eigenvalue weighted by Gasteiger charge is 2.06. The predicted octanol–water partition coefficient (Wildman–Crippen LogP) is 1.78. The van der Waals surface area contributed by atoms with Gasteiger partial charge in [-0.15, -0.1) is 0 Å². The van der Waals surface area contributed by atoms with Crippen LogP contribution in [-0.4, -0.2) is 16.4 Å². The second kappa shape index (κ2) is 4.04. The summed E-state index contributed by atoms with van der Waals surface area (Å²) in [5, 5.41) is 3.71. The van der Waals surface area contributed by atoms with Crippen LogP contribution in [-0.2, 0) is 6.42 Å². The highest BCUT2D eigenvalue weighted by Crippen LogP contribution is 2.11. The van der Waals surface area contributed by atoms with Crippen molar-refractivity contribution in [2.45, 2.75) is 13.3 Å². The summed E-state index contributed by atoms with van der Waals surface area (Å²) in [6.07, 6.45) is 1.14. The molecule has 0 saturated heterocycles. The van der Waals surface area contributed by atoms with Gasteiger partial charge in [-0.05, 0) is 18.1 Å². The Kier molecular flexibility index (Phi) is 2.58. The first-order valence-corrected chi connectivity index (χ1v) is 4.62. The van der Waals surface area contributed by atoms with Crippen LogP contribution >= 0.6 is 0 Å². The molecule has 0 radical (unpaired) electrons. The number of aryl methyl sites for hydroxylation is 1. The minimum atomic E-state index is 0.0265. The van der Waals surface area contributed by atoms with Gasteiger partial charge >= 0.3 is 0 Å². The molecule has 0 N–H and O–H groups in total. The monoisotopic (exact) mass is 202 g/mol. The Morgan fingerprint density at radius 1 is 1.40 bits per heavy atom. The van der Waals surface area contributed by atoms with Crippen LogP contribution in [0.1, 0.15) is 27.6 Å². The van der Waals surface area contributed by atoms with Crippen molar-refractivity contribution in [2.24, 2.45) is 0 Å². The molecule has 1 aromatic heterocycles. The molecule has 2 rings (SSSR count). The summed E-state index contributed by atoms with van der Waals surface area (Å²) >= 11 is 0. The highest BCUT2D eigenvalue weighted by molar-refractivity contribution is 5.66. The first kappa shape index (κ1) is 9.58. The maximum atomic E-state index is 10.3. The number of carbonyl (C=O) groups is 1. The fraction of sp³-hybridized carbons (Fsp3) is 0.182. The SMILES string of the molecule is Cc1ccccc1Cc1noc(C=O)n1. The quantitative estimate of drug-likeness (QED) is 0.712. The molecule has 1 aromatic carbocycles. The predicted molar refractivity (Wildman–Crippen MR) is 53.7 cm³/mol. The van der Waals surface area contributed by atoms with E-state index in [9.17, 15) is 4.79 Å². The van der Waals surface area contributed by atoms with Gasteiger partial charge in [-0.3, -0.25) is 4.79 Å². The van der Waals surface area contributed by atoms with Crippen molar-refractivity contribution in [1.29, 1.82) is 0 Å². The van der Waals surface area contributed by atoms with Gasteiger partial charge in [0.2, 0.25) is 6.29 Å². The van der Waals surface area contributed by atoms with Crippen LogP contribution in [0.3, 0.4) is 0 Å². The van der Waals surface area contributed by atoms with E-state index in [-0.39, 0.29) is 5.89 Å². The fourth-order valence-corrected chi connectivity index (χ4v) is 1.37. The number of hydrogen-bond donors (Lipinski definition) is 0. The Bertz CT molecular complexity index is 477. The summed E-state index contributed by atoms with van der Waals surface area (Å²) in [4.78, 5) is 14.3. The molecule has 0 aliphatic heterocycles. The molecule has 0 atom stereocenters. The first-order valence-electron chi connectivity index (χ1n) is 4.62. The molecule has 0 aliphatic carbocycles. The highest BCUT2D eigenvalue weighted by atomic mass is 16.5. The summed E-state index contributed by atoms with van der Waals surface area (Å²) in [5.74, 6) is 0.560. The molecule has 0 aliphatic rings. The summed E-state index contributed by atoms with van der Waals surface area (Å²) in [6, 6.07) is 7.97. The molecule has 0 spiro atoms. The second-order valence-electron chi connectivity index (χ2n) is 3.27. The van der Waals surface area contributed by atoms with Crippen LogP contribution in [0.15, 0.2) is 28.8 Å². The van der Waals surface area contributed by atoms with E-state index in [1.54, 1.807) is 0 Å². The van der Waals surface area contributed by atoms with Gasteiger partial charge in [0.15, 0.2) is 5.82 Å². The van der Waals surface area contributed by atoms with Crippen molar-refractivity contribution in [3.63, 3.8) is 0 Å². The molecule has 0 saturated carbocycles. The van der Waals surface area contributed by atoms with Gasteiger partial charge in [-0.1, -0.05) is 29.4 Å². The van der Waals surface area contributed by atoms with Gasteiger partial charge in [-0.25, -0.2) is 0 Å². The average Bonchev–Trinajstić information content (AvgIpc) is 2.69. The number of hydrogen-bond acceptors (Lipinski definition) is 4. The van der Waals surface area contributed by atoms with Crippen LogP contribution in [0.25, 0.3) is 0 Å². The molecular weight excluding hydrogens is 192 g/mol. The Morgan fingerprint density at radius 2 is 2.20 bits per heavy atom. The molecule has 1 heterocycles. The van der Waals surface area contributed by atoms with Crippen LogP contribution in [0.4, 0.5) is 0 Å². The molecule has 2 aromatic rings. The first-order chi connectivity index (χ1) is 7.29. The largest absolute Gasteiger partial charge is 0.331 e. The molecule has 4 heteroatoms. The lowest BCUT2D eigenvalue weighted by Gasteiger charge is -2.00. The van der Waals surface area contributed by atoms with Crippen LogP contribution in [0.2, 0.25) is 0 Å². The number of nitrogens with zero attached hydrogens (tertiary/aromatic N) is 2. The normalized spacial score (nSPS) is 10.2. The molecular formula is C11H10N2O2. The third-order valence-corrected chi connectivity index (χ3v) is 2.19. The number of aromatic nitrogens is 2. The maximum Gasteiger partial charge on any atom is 0.290 e. The third-order valence-electron chi connectivity index (χ3n) is 2.19. The van der Waals surface area contributed by atoms with Crippen molar-refractivity contribution in [3.05, 3.63) is 47.1 Å². The fourth-order valence-electron chi connectivity index (χ4n) is 1.37. The number of benzene rings is 1. The molecule has 4 nitrogen and oxygen atoms in total. The molecule has 0 unspecified atom stereocenters. The van der Waals surface area contributed by atoms with Crippen molar-refractivity contribution in [2.75, 3.05) is 0 Å². The summed E-state index contributed by atoms with van der Waals surface area (Å²) in [6.45, 7) is 2.02. The molecule has 76 valence electrons. The zero-order valence-electron chi connectivity index (χ0n) is 8.30. The lowest BCUT2D eigenvalue weighted by atomic mass is 10.1. The van der Waals surface area contributed by atoms with Gasteiger partial charge in [-0.2, -0.15) is 4.98 Å². The molecule has 0 fully saturated rings. The van der Waals surface area contributed by atoms with Gasteiger partial charge in [0.05, 0.1) is 0 Å². The Balaban J connectivity index is 2.22. The lowest BCUT2D eigenvalue weighted by Crippen LogP contribution is -1.93. The summed E-state index contributed by atoms with van der Waals surface area (Å²) < 4.78 is 4.70. The summed E-state index contributed by atoms with van der Waals surface area (Å²) in [7, 11) is 0. The Morgan fingerprint density at radius 3 is 2.87 bits per heavy atom. The summed E-state index contributed by atoms with van der Waals surface area (Å²) in [5.41, 5.74) is 2.31. The van der Waals surface area contributed by atoms with Crippen LogP contribution < -0.4 is 0 Å². The second-order valence-corrected chi connectivity index (χ2v) is 3.27. The van der Waals surface area contributed by atoms with E-state index in [1.165, 1.54) is 5.56 Å². The maximum absolute atomic E-state index is 10.3. The van der Waals surface area contributed by atoms with E-state index in [2.05, 4.69) is 10.1 Å². The van der Waals surface area contributed by atoms with Crippen molar-refractivity contribution >= 4 is 6.29 Å². The average molecular weight is 202 g/mol. The van der Waals surface area contributed by atoms with E-state index >= 15 is 0 Å². The van der Waals surface area contributed by atoms with Crippen molar-refractivity contribution < 1.29 is 9.32 Å². The van der Waals surface area contributed by atoms with E-state index < -0.39 is 0 Å². The van der Waals surface area contributed by atoms with E-state index in [0.717, 1.165) is 5.56 Å². The van der Waals surface area contributed by atoms with Gasteiger partial charge < -0.3 is 4.52 Å². The standard InChI is InChI=1S/C11H10N2O2/c1-8-4-2-3-5-9(8)6-10-12-11(7-14)15-13-10/h2-5,7H,6H2,1H3. The van der Waals surface area contributed by atoms with Crippen LogP contribution in [0.5, 0.6) is 0 Å². The van der Waals surface area contributed by atoms with E-state index in [1.807, 2.05) is 31.2 Å². The third kappa shape index (κ3) is 2.10. The molecule has 15 heavy (non-hydrogen) atoms. The minimum absolute atomic E-state index is 0.0265. The van der Waals surface area contributed by atoms with Gasteiger partial charge in [0.1, 0.15) is 0 Å². The Hall–Kier alpha value is -1.97. The number of aldehydes is 1. The number of rotatable bonds is 3. The number of carbonyl (C=O) groups excluding carboxylic acids is 1. The Labute approximate surface area is 86.9 Å². The lowest BCUT2D eigenvalue weighted by molar-refractivity contribution is 0.108. The van der Waals surface area contributed by atoms with Crippen LogP contribution in [0, 0.1) is 6.92 Å². The topological polar surface area (TPSA) is 56.0 Å². The molecule has 0 bridgehead atoms. The van der Waals surface area contributed by atoms with Gasteiger partial charge in [0, 0.05) is 6.42 Å². The minimum Gasteiger partial charge on any atom is -0.331 e. The zero-order valence-corrected chi connectivity index (χ0v) is 8.30. The van der Waals surface area contributed by atoms with Crippen molar-refractivity contribution in [3.8, 4) is 0 Å². The smallest absolute Gasteiger partial charge is 0.290 e. The van der Waals surface area contributed by atoms with Gasteiger partial charge in [0.25, 0.3) is 5.89 Å². The van der Waals surface area contributed by atoms with E-state index in [0.29, 0.717) is 18.5 Å². The van der Waals surface area contributed by atoms with Crippen molar-refractivity contribution in [1.82, 2.24) is 10.1 Å².